The standard InChI is InChI=1S/C22H30N4O3.ClH/c1-29-20(27)18(9-13-3-2-4-17(8-13)19(23)24)25-21(28)26-22-10-14-5-15(11-22)7-16(6-14)12-22;/h2-4,8,14-16,18H,5-7,9-12H2,1H3,(H3,23,24)(H2,25,26,28);1H/t14?,15?,16?,18-,22?;/m0./s1. The normalized spacial score (nSPS) is 29.4. The van der Waals surface area contributed by atoms with E-state index < -0.39 is 12.0 Å². The van der Waals surface area contributed by atoms with Gasteiger partial charge >= 0.3 is 12.0 Å². The van der Waals surface area contributed by atoms with Crippen LogP contribution >= 0.6 is 12.4 Å². The van der Waals surface area contributed by atoms with Crippen LogP contribution in [0, 0.1) is 23.2 Å². The third kappa shape index (κ3) is 4.72. The molecule has 7 nitrogen and oxygen atoms in total. The van der Waals surface area contributed by atoms with E-state index in [1.54, 1.807) is 18.2 Å². The number of esters is 1. The van der Waals surface area contributed by atoms with Crippen molar-refractivity contribution in [2.45, 2.75) is 56.5 Å². The van der Waals surface area contributed by atoms with E-state index in [0.717, 1.165) is 42.6 Å². The lowest BCUT2D eigenvalue weighted by Gasteiger charge is -2.56. The molecule has 4 bridgehead atoms. The zero-order chi connectivity index (χ0) is 20.6. The first-order valence-electron chi connectivity index (χ1n) is 10.5. The number of benzene rings is 1. The molecule has 0 unspecified atom stereocenters. The quantitative estimate of drug-likeness (QED) is 0.313. The smallest absolute Gasteiger partial charge is 0.328 e. The molecule has 0 saturated heterocycles. The Morgan fingerprint density at radius 1 is 1.20 bits per heavy atom. The number of methoxy groups -OCH3 is 1. The van der Waals surface area contributed by atoms with Gasteiger partial charge in [0.1, 0.15) is 11.9 Å². The molecule has 2 amide bonds. The molecule has 4 aliphatic rings. The van der Waals surface area contributed by atoms with Crippen LogP contribution in [0.3, 0.4) is 0 Å². The topological polar surface area (TPSA) is 117 Å². The summed E-state index contributed by atoms with van der Waals surface area (Å²) < 4.78 is 4.91. The van der Waals surface area contributed by atoms with Gasteiger partial charge in [-0.2, -0.15) is 0 Å². The third-order valence-electron chi connectivity index (χ3n) is 6.89. The van der Waals surface area contributed by atoms with Crippen molar-refractivity contribution < 1.29 is 14.3 Å². The van der Waals surface area contributed by atoms with Crippen LogP contribution in [0.4, 0.5) is 4.79 Å². The van der Waals surface area contributed by atoms with E-state index in [9.17, 15) is 9.59 Å². The van der Waals surface area contributed by atoms with E-state index in [-0.39, 0.29) is 36.2 Å². The molecule has 0 spiro atoms. The summed E-state index contributed by atoms with van der Waals surface area (Å²) in [5.74, 6) is 1.67. The molecule has 4 saturated carbocycles. The molecule has 0 radical (unpaired) electrons. The number of rotatable bonds is 6. The highest BCUT2D eigenvalue weighted by Crippen LogP contribution is 2.55. The van der Waals surface area contributed by atoms with Crippen LogP contribution in [0.2, 0.25) is 0 Å². The fourth-order valence-corrected chi connectivity index (χ4v) is 6.14. The van der Waals surface area contributed by atoms with Crippen molar-refractivity contribution in [3.63, 3.8) is 0 Å². The summed E-state index contributed by atoms with van der Waals surface area (Å²) in [7, 11) is 1.32. The molecule has 5 rings (SSSR count). The van der Waals surface area contributed by atoms with Crippen LogP contribution in [0.5, 0.6) is 0 Å². The first kappa shape index (κ1) is 22.4. The van der Waals surface area contributed by atoms with Crippen LogP contribution < -0.4 is 16.4 Å². The van der Waals surface area contributed by atoms with Crippen LogP contribution in [-0.2, 0) is 16.0 Å². The van der Waals surface area contributed by atoms with Crippen molar-refractivity contribution in [1.82, 2.24) is 10.6 Å². The highest BCUT2D eigenvalue weighted by atomic mass is 35.5. The van der Waals surface area contributed by atoms with Gasteiger partial charge in [0.25, 0.3) is 0 Å². The number of ether oxygens (including phenoxy) is 1. The van der Waals surface area contributed by atoms with Gasteiger partial charge in [-0.05, 0) is 67.9 Å². The Bertz CT molecular complexity index is 793. The van der Waals surface area contributed by atoms with E-state index >= 15 is 0 Å². The predicted octanol–water partition coefficient (Wildman–Crippen LogP) is 2.74. The Balaban J connectivity index is 0.00000256. The SMILES string of the molecule is COC(=O)[C@H](Cc1cccc(C(=N)N)c1)NC(=O)NC12CC3CC(CC(C3)C1)C2.Cl. The second kappa shape index (κ2) is 8.84. The lowest BCUT2D eigenvalue weighted by Crippen LogP contribution is -2.62. The zero-order valence-electron chi connectivity index (χ0n) is 17.3. The minimum Gasteiger partial charge on any atom is -0.467 e. The monoisotopic (exact) mass is 434 g/mol. The molecule has 4 aliphatic carbocycles. The first-order valence-corrected chi connectivity index (χ1v) is 10.5. The molecule has 1 atom stereocenters. The molecule has 5 N–H and O–H groups in total. The number of nitrogens with two attached hydrogens (primary N) is 1. The fourth-order valence-electron chi connectivity index (χ4n) is 6.14. The highest BCUT2D eigenvalue weighted by Gasteiger charge is 2.51. The Hall–Kier alpha value is -2.28. The molecule has 164 valence electrons. The largest absolute Gasteiger partial charge is 0.467 e. The van der Waals surface area contributed by atoms with Crippen LogP contribution in [0.25, 0.3) is 0 Å². The maximum atomic E-state index is 12.8. The second-order valence-corrected chi connectivity index (χ2v) is 9.19. The number of urea groups is 1. The van der Waals surface area contributed by atoms with Crippen LogP contribution in [-0.4, -0.2) is 36.5 Å². The number of amidine groups is 1. The number of halogens is 1. The van der Waals surface area contributed by atoms with Crippen molar-refractivity contribution in [3.05, 3.63) is 35.4 Å². The fraction of sp³-hybridized carbons (Fsp3) is 0.591. The number of hydrogen-bond donors (Lipinski definition) is 4. The van der Waals surface area contributed by atoms with E-state index in [1.807, 2.05) is 6.07 Å². The number of nitrogens with one attached hydrogen (secondary N) is 3. The Labute approximate surface area is 183 Å². The molecule has 1 aromatic rings. The molecular weight excluding hydrogens is 404 g/mol. The Kier molecular flexibility index (Phi) is 6.60. The number of amides is 2. The second-order valence-electron chi connectivity index (χ2n) is 9.19. The minimum atomic E-state index is -0.795. The number of carbonyl (C=O) groups is 2. The van der Waals surface area contributed by atoms with Gasteiger partial charge in [-0.15, -0.1) is 12.4 Å². The van der Waals surface area contributed by atoms with Gasteiger partial charge < -0.3 is 21.1 Å². The molecular formula is C22H31ClN4O3. The van der Waals surface area contributed by atoms with Crippen molar-refractivity contribution in [1.29, 1.82) is 5.41 Å². The van der Waals surface area contributed by atoms with Gasteiger partial charge in [0.05, 0.1) is 7.11 Å². The van der Waals surface area contributed by atoms with Gasteiger partial charge in [-0.1, -0.05) is 18.2 Å². The number of nitrogen functional groups attached to an aromatic ring is 1. The molecule has 4 fully saturated rings. The average Bonchev–Trinajstić information content (AvgIpc) is 2.65. The zero-order valence-corrected chi connectivity index (χ0v) is 18.1. The average molecular weight is 435 g/mol. The van der Waals surface area contributed by atoms with Gasteiger partial charge in [-0.3, -0.25) is 5.41 Å². The lowest BCUT2D eigenvalue weighted by atomic mass is 9.53. The summed E-state index contributed by atoms with van der Waals surface area (Å²) in [4.78, 5) is 25.1. The Morgan fingerprint density at radius 2 is 1.80 bits per heavy atom. The molecule has 8 heteroatoms. The summed E-state index contributed by atoms with van der Waals surface area (Å²) in [6.07, 6.45) is 7.35. The molecule has 0 heterocycles. The highest BCUT2D eigenvalue weighted by molar-refractivity contribution is 5.95. The van der Waals surface area contributed by atoms with Crippen molar-refractivity contribution in [3.8, 4) is 0 Å². The maximum absolute atomic E-state index is 12.8. The Morgan fingerprint density at radius 3 is 2.33 bits per heavy atom. The molecule has 0 aliphatic heterocycles. The van der Waals surface area contributed by atoms with Crippen molar-refractivity contribution in [2.24, 2.45) is 23.5 Å². The van der Waals surface area contributed by atoms with Gasteiger partial charge in [-0.25, -0.2) is 9.59 Å². The van der Waals surface area contributed by atoms with E-state index in [1.165, 1.54) is 26.4 Å². The maximum Gasteiger partial charge on any atom is 0.328 e. The van der Waals surface area contributed by atoms with Gasteiger partial charge in [0.15, 0.2) is 0 Å². The van der Waals surface area contributed by atoms with E-state index in [2.05, 4.69) is 10.6 Å². The molecule has 30 heavy (non-hydrogen) atoms. The summed E-state index contributed by atoms with van der Waals surface area (Å²) in [5, 5.41) is 13.7. The molecule has 1 aromatic carbocycles. The number of carbonyl (C=O) groups excluding carboxylic acids is 2. The molecule has 0 aromatic heterocycles. The van der Waals surface area contributed by atoms with Crippen molar-refractivity contribution in [2.75, 3.05) is 7.11 Å². The number of hydrogen-bond acceptors (Lipinski definition) is 4. The first-order chi connectivity index (χ1) is 13.9. The third-order valence-corrected chi connectivity index (χ3v) is 6.89. The summed E-state index contributed by atoms with van der Waals surface area (Å²) in [6.45, 7) is 0. The predicted molar refractivity (Wildman–Crippen MR) is 117 cm³/mol. The van der Waals surface area contributed by atoms with E-state index in [0.29, 0.717) is 5.56 Å². The van der Waals surface area contributed by atoms with E-state index in [4.69, 9.17) is 15.9 Å². The van der Waals surface area contributed by atoms with Crippen LogP contribution in [0.15, 0.2) is 24.3 Å². The summed E-state index contributed by atoms with van der Waals surface area (Å²) in [5.41, 5.74) is 6.84. The van der Waals surface area contributed by atoms with Crippen LogP contribution in [0.1, 0.15) is 49.7 Å². The van der Waals surface area contributed by atoms with Gasteiger partial charge in [0, 0.05) is 17.5 Å². The minimum absolute atomic E-state index is 0. The lowest BCUT2D eigenvalue weighted by molar-refractivity contribution is -0.142. The van der Waals surface area contributed by atoms with Crippen molar-refractivity contribution >= 4 is 30.2 Å². The summed E-state index contributed by atoms with van der Waals surface area (Å²) >= 11 is 0. The summed E-state index contributed by atoms with van der Waals surface area (Å²) in [6, 6.07) is 6.04. The van der Waals surface area contributed by atoms with Gasteiger partial charge in [0.2, 0.25) is 0 Å².